The zero-order valence-electron chi connectivity index (χ0n) is 15.7. The molecule has 0 aliphatic heterocycles. The lowest BCUT2D eigenvalue weighted by atomic mass is 10.2. The first kappa shape index (κ1) is 19.0. The number of hydrogen-bond acceptors (Lipinski definition) is 4. The highest BCUT2D eigenvalue weighted by Gasteiger charge is 2.13. The molecule has 0 unspecified atom stereocenters. The largest absolute Gasteiger partial charge is 0.477 e. The van der Waals surface area contributed by atoms with Crippen LogP contribution in [0, 0.1) is 13.8 Å². The maximum Gasteiger partial charge on any atom is 0.261 e. The zero-order valence-corrected chi connectivity index (χ0v) is 16.5. The summed E-state index contributed by atoms with van der Waals surface area (Å²) in [5.74, 6) is 0.112. The van der Waals surface area contributed by atoms with Crippen molar-refractivity contribution in [3.63, 3.8) is 0 Å². The molecule has 3 aromatic rings. The van der Waals surface area contributed by atoms with Crippen LogP contribution in [0.25, 0.3) is 0 Å². The average Bonchev–Trinajstić information content (AvgIpc) is 2.67. The molecule has 0 aliphatic carbocycles. The van der Waals surface area contributed by atoms with Crippen LogP contribution in [-0.2, 0) is 0 Å². The Balaban J connectivity index is 1.71. The number of amides is 1. The third-order valence-electron chi connectivity index (χ3n) is 3.98. The lowest BCUT2D eigenvalue weighted by molar-refractivity contribution is 0.102. The molecule has 2 aromatic carbocycles. The molecule has 138 valence electrons. The van der Waals surface area contributed by atoms with Crippen molar-refractivity contribution in [2.45, 2.75) is 30.6 Å². The van der Waals surface area contributed by atoms with Gasteiger partial charge in [-0.2, -0.15) is 0 Å². The molecule has 0 saturated carbocycles. The summed E-state index contributed by atoms with van der Waals surface area (Å²) < 4.78 is 5.43. The number of anilines is 1. The van der Waals surface area contributed by atoms with Crippen molar-refractivity contribution >= 4 is 23.4 Å². The van der Waals surface area contributed by atoms with Crippen LogP contribution in [0.5, 0.6) is 5.88 Å². The lowest BCUT2D eigenvalue weighted by Gasteiger charge is -2.10. The molecular formula is C22H22N2O2S. The molecule has 5 heteroatoms. The normalized spacial score (nSPS) is 10.5. The molecule has 27 heavy (non-hydrogen) atoms. The summed E-state index contributed by atoms with van der Waals surface area (Å²) in [4.78, 5) is 19.0. The van der Waals surface area contributed by atoms with Crippen LogP contribution in [0.15, 0.2) is 70.6 Å². The smallest absolute Gasteiger partial charge is 0.261 e. The molecule has 4 nitrogen and oxygen atoms in total. The van der Waals surface area contributed by atoms with E-state index in [1.807, 2.05) is 31.2 Å². The maximum atomic E-state index is 12.5. The van der Waals surface area contributed by atoms with Crippen LogP contribution in [0.2, 0.25) is 0 Å². The van der Waals surface area contributed by atoms with Crippen molar-refractivity contribution in [1.29, 1.82) is 0 Å². The van der Waals surface area contributed by atoms with Gasteiger partial charge in [-0.15, -0.1) is 0 Å². The SMILES string of the molecule is CCOc1ncccc1C(=O)Nc1ccc(Sc2cc(C)ccc2C)cc1. The van der Waals surface area contributed by atoms with Crippen LogP contribution in [-0.4, -0.2) is 17.5 Å². The zero-order chi connectivity index (χ0) is 19.2. The van der Waals surface area contributed by atoms with E-state index in [9.17, 15) is 4.79 Å². The minimum absolute atomic E-state index is 0.235. The van der Waals surface area contributed by atoms with Gasteiger partial charge in [-0.05, 0) is 74.4 Å². The van der Waals surface area contributed by atoms with Gasteiger partial charge in [-0.3, -0.25) is 4.79 Å². The first-order valence-corrected chi connectivity index (χ1v) is 9.63. The van der Waals surface area contributed by atoms with E-state index in [1.54, 1.807) is 30.1 Å². The van der Waals surface area contributed by atoms with Gasteiger partial charge in [0.05, 0.1) is 6.61 Å². The van der Waals surface area contributed by atoms with Crippen molar-refractivity contribution in [2.24, 2.45) is 0 Å². The van der Waals surface area contributed by atoms with Gasteiger partial charge in [-0.25, -0.2) is 4.98 Å². The van der Waals surface area contributed by atoms with Crippen molar-refractivity contribution in [2.75, 3.05) is 11.9 Å². The second-order valence-corrected chi connectivity index (χ2v) is 7.25. The minimum atomic E-state index is -0.235. The molecule has 0 radical (unpaired) electrons. The minimum Gasteiger partial charge on any atom is -0.477 e. The summed E-state index contributed by atoms with van der Waals surface area (Å²) >= 11 is 1.72. The monoisotopic (exact) mass is 378 g/mol. The number of carbonyl (C=O) groups is 1. The van der Waals surface area contributed by atoms with E-state index in [0.717, 1.165) is 10.6 Å². The Labute approximate surface area is 164 Å². The van der Waals surface area contributed by atoms with Crippen molar-refractivity contribution < 1.29 is 9.53 Å². The Morgan fingerprint density at radius 2 is 1.89 bits per heavy atom. The highest BCUT2D eigenvalue weighted by Crippen LogP contribution is 2.31. The molecule has 0 atom stereocenters. The number of ether oxygens (including phenoxy) is 1. The summed E-state index contributed by atoms with van der Waals surface area (Å²) in [6.07, 6.45) is 1.61. The highest BCUT2D eigenvalue weighted by molar-refractivity contribution is 7.99. The molecule has 0 aliphatic rings. The molecular weight excluding hydrogens is 356 g/mol. The van der Waals surface area contributed by atoms with Gasteiger partial charge in [0.1, 0.15) is 5.56 Å². The molecule has 1 N–H and O–H groups in total. The second-order valence-electron chi connectivity index (χ2n) is 6.14. The summed E-state index contributed by atoms with van der Waals surface area (Å²) in [5.41, 5.74) is 3.65. The van der Waals surface area contributed by atoms with Gasteiger partial charge in [0.25, 0.3) is 5.91 Å². The quantitative estimate of drug-likeness (QED) is 0.615. The molecule has 0 spiro atoms. The topological polar surface area (TPSA) is 51.2 Å². The predicted molar refractivity (Wildman–Crippen MR) is 110 cm³/mol. The number of carbonyl (C=O) groups excluding carboxylic acids is 1. The molecule has 3 rings (SSSR count). The van der Waals surface area contributed by atoms with Gasteiger partial charge in [0.2, 0.25) is 5.88 Å². The van der Waals surface area contributed by atoms with Crippen molar-refractivity contribution in [1.82, 2.24) is 4.98 Å². The van der Waals surface area contributed by atoms with E-state index in [4.69, 9.17) is 4.74 Å². The Hall–Kier alpha value is -2.79. The van der Waals surface area contributed by atoms with Crippen LogP contribution in [0.3, 0.4) is 0 Å². The lowest BCUT2D eigenvalue weighted by Crippen LogP contribution is -2.14. The van der Waals surface area contributed by atoms with E-state index in [0.29, 0.717) is 18.1 Å². The van der Waals surface area contributed by atoms with E-state index >= 15 is 0 Å². The Bertz CT molecular complexity index is 939. The average molecular weight is 378 g/mol. The van der Waals surface area contributed by atoms with E-state index < -0.39 is 0 Å². The Kier molecular flexibility index (Phi) is 6.14. The third-order valence-corrected chi connectivity index (χ3v) is 5.15. The number of pyridine rings is 1. The van der Waals surface area contributed by atoms with Crippen LogP contribution < -0.4 is 10.1 Å². The number of hydrogen-bond donors (Lipinski definition) is 1. The second kappa shape index (κ2) is 8.73. The standard InChI is InChI=1S/C22H22N2O2S/c1-4-26-22-19(6-5-13-23-22)21(25)24-17-9-11-18(12-10-17)27-20-14-15(2)7-8-16(20)3/h5-14H,4H2,1-3H3,(H,24,25). The molecule has 0 saturated heterocycles. The van der Waals surface area contributed by atoms with E-state index in [1.165, 1.54) is 16.0 Å². The van der Waals surface area contributed by atoms with Gasteiger partial charge in [0.15, 0.2) is 0 Å². The third kappa shape index (κ3) is 4.89. The number of nitrogens with zero attached hydrogens (tertiary/aromatic N) is 1. The fourth-order valence-electron chi connectivity index (χ4n) is 2.56. The van der Waals surface area contributed by atoms with E-state index in [2.05, 4.69) is 42.3 Å². The highest BCUT2D eigenvalue weighted by atomic mass is 32.2. The molecule has 0 fully saturated rings. The predicted octanol–water partition coefficient (Wildman–Crippen LogP) is 5.50. The summed E-state index contributed by atoms with van der Waals surface area (Å²) in [6.45, 7) is 6.53. The fourth-order valence-corrected chi connectivity index (χ4v) is 3.56. The van der Waals surface area contributed by atoms with E-state index in [-0.39, 0.29) is 5.91 Å². The van der Waals surface area contributed by atoms with Gasteiger partial charge < -0.3 is 10.1 Å². The van der Waals surface area contributed by atoms with Crippen molar-refractivity contribution in [3.05, 3.63) is 77.5 Å². The summed E-state index contributed by atoms with van der Waals surface area (Å²) in [6, 6.07) is 17.7. The number of rotatable bonds is 6. The number of aryl methyl sites for hydroxylation is 2. The van der Waals surface area contributed by atoms with Crippen LogP contribution >= 0.6 is 11.8 Å². The molecule has 1 heterocycles. The van der Waals surface area contributed by atoms with Gasteiger partial charge in [0, 0.05) is 21.7 Å². The summed E-state index contributed by atoms with van der Waals surface area (Å²) in [5, 5.41) is 2.90. The van der Waals surface area contributed by atoms with Gasteiger partial charge in [-0.1, -0.05) is 23.9 Å². The molecule has 0 bridgehead atoms. The van der Waals surface area contributed by atoms with Crippen LogP contribution in [0.4, 0.5) is 5.69 Å². The molecule has 1 amide bonds. The van der Waals surface area contributed by atoms with Crippen LogP contribution in [0.1, 0.15) is 28.4 Å². The Morgan fingerprint density at radius 3 is 2.63 bits per heavy atom. The molecule has 1 aromatic heterocycles. The first-order valence-electron chi connectivity index (χ1n) is 8.81. The van der Waals surface area contributed by atoms with Crippen molar-refractivity contribution in [3.8, 4) is 5.88 Å². The Morgan fingerprint density at radius 1 is 1.11 bits per heavy atom. The number of nitrogens with one attached hydrogen (secondary N) is 1. The number of aromatic nitrogens is 1. The van der Waals surface area contributed by atoms with Gasteiger partial charge >= 0.3 is 0 Å². The maximum absolute atomic E-state index is 12.5. The first-order chi connectivity index (χ1) is 13.1. The fraction of sp³-hybridized carbons (Fsp3) is 0.182. The summed E-state index contributed by atoms with van der Waals surface area (Å²) in [7, 11) is 0. The number of benzene rings is 2.